The Morgan fingerprint density at radius 2 is 2.00 bits per heavy atom. The van der Waals surface area contributed by atoms with Gasteiger partial charge in [0.1, 0.15) is 12.4 Å². The standard InChI is InChI=1S/C22H22N4O3S/c1-15-5-2-3-6-19(15)29-13-20-23-22(25-24-20)30-14-18(27)16-8-10-17(11-9-16)26-12-4-7-21(26)28/h2-3,5-6,8-11H,4,7,12-14H2,1H3,(H,23,24,25). The van der Waals surface area contributed by atoms with E-state index in [0.29, 0.717) is 23.0 Å². The molecule has 3 aromatic rings. The summed E-state index contributed by atoms with van der Waals surface area (Å²) in [6, 6.07) is 15.0. The fourth-order valence-corrected chi connectivity index (χ4v) is 3.95. The molecule has 0 saturated carbocycles. The molecular weight excluding hydrogens is 400 g/mol. The third-order valence-electron chi connectivity index (χ3n) is 4.88. The zero-order valence-electron chi connectivity index (χ0n) is 16.6. The predicted octanol–water partition coefficient (Wildman–Crippen LogP) is 3.79. The molecule has 0 radical (unpaired) electrons. The molecule has 2 heterocycles. The number of aromatic nitrogens is 3. The highest BCUT2D eigenvalue weighted by Crippen LogP contribution is 2.23. The first-order valence-electron chi connectivity index (χ1n) is 9.76. The van der Waals surface area contributed by atoms with Gasteiger partial charge in [-0.15, -0.1) is 5.10 Å². The van der Waals surface area contributed by atoms with Crippen LogP contribution in [0.2, 0.25) is 0 Å². The third-order valence-corrected chi connectivity index (χ3v) is 5.72. The topological polar surface area (TPSA) is 88.2 Å². The van der Waals surface area contributed by atoms with Crippen LogP contribution in [0.3, 0.4) is 0 Å². The number of hydrogen-bond donors (Lipinski definition) is 1. The maximum absolute atomic E-state index is 12.5. The lowest BCUT2D eigenvalue weighted by atomic mass is 10.1. The summed E-state index contributed by atoms with van der Waals surface area (Å²) in [7, 11) is 0. The maximum atomic E-state index is 12.5. The minimum absolute atomic E-state index is 0.0122. The van der Waals surface area contributed by atoms with Gasteiger partial charge >= 0.3 is 0 Å². The molecule has 154 valence electrons. The van der Waals surface area contributed by atoms with Gasteiger partial charge in [0.2, 0.25) is 11.1 Å². The number of para-hydroxylation sites is 1. The highest BCUT2D eigenvalue weighted by atomic mass is 32.2. The minimum atomic E-state index is -0.0122. The van der Waals surface area contributed by atoms with Crippen molar-refractivity contribution < 1.29 is 14.3 Å². The monoisotopic (exact) mass is 422 g/mol. The van der Waals surface area contributed by atoms with Crippen molar-refractivity contribution in [3.8, 4) is 5.75 Å². The van der Waals surface area contributed by atoms with Crippen molar-refractivity contribution in [3.63, 3.8) is 0 Å². The second-order valence-electron chi connectivity index (χ2n) is 7.03. The lowest BCUT2D eigenvalue weighted by Gasteiger charge is -2.15. The molecule has 1 fully saturated rings. The number of carbonyl (C=O) groups is 2. The van der Waals surface area contributed by atoms with Crippen LogP contribution < -0.4 is 9.64 Å². The summed E-state index contributed by atoms with van der Waals surface area (Å²) in [5.74, 6) is 1.77. The Labute approximate surface area is 178 Å². The number of Topliss-reactive ketones (excluding diaryl/α,β-unsaturated/α-hetero) is 1. The minimum Gasteiger partial charge on any atom is -0.485 e. The van der Waals surface area contributed by atoms with Crippen LogP contribution in [0, 0.1) is 6.92 Å². The SMILES string of the molecule is Cc1ccccc1OCc1nc(SCC(=O)c2ccc(N3CCCC3=O)cc2)n[nH]1. The van der Waals surface area contributed by atoms with Crippen LogP contribution in [0.25, 0.3) is 0 Å². The van der Waals surface area contributed by atoms with Crippen molar-refractivity contribution in [2.24, 2.45) is 0 Å². The van der Waals surface area contributed by atoms with Gasteiger partial charge in [-0.05, 0) is 49.2 Å². The number of carbonyl (C=O) groups excluding carboxylic acids is 2. The number of H-pyrrole nitrogens is 1. The van der Waals surface area contributed by atoms with E-state index in [1.54, 1.807) is 17.0 Å². The smallest absolute Gasteiger partial charge is 0.227 e. The Morgan fingerprint density at radius 3 is 2.73 bits per heavy atom. The maximum Gasteiger partial charge on any atom is 0.227 e. The second-order valence-corrected chi connectivity index (χ2v) is 7.97. The van der Waals surface area contributed by atoms with E-state index in [-0.39, 0.29) is 24.1 Å². The first-order valence-corrected chi connectivity index (χ1v) is 10.7. The number of aromatic amines is 1. The molecule has 2 aromatic carbocycles. The van der Waals surface area contributed by atoms with E-state index < -0.39 is 0 Å². The van der Waals surface area contributed by atoms with E-state index in [2.05, 4.69) is 15.2 Å². The van der Waals surface area contributed by atoms with E-state index in [0.717, 1.165) is 30.0 Å². The Morgan fingerprint density at radius 1 is 1.20 bits per heavy atom. The normalized spacial score (nSPS) is 13.6. The zero-order valence-corrected chi connectivity index (χ0v) is 17.4. The van der Waals surface area contributed by atoms with Crippen LogP contribution in [-0.2, 0) is 11.4 Å². The average Bonchev–Trinajstić information content (AvgIpc) is 3.40. The van der Waals surface area contributed by atoms with Gasteiger partial charge in [0.05, 0.1) is 5.75 Å². The number of ketones is 1. The van der Waals surface area contributed by atoms with E-state index in [4.69, 9.17) is 4.74 Å². The van der Waals surface area contributed by atoms with Gasteiger partial charge in [0.15, 0.2) is 11.6 Å². The summed E-state index contributed by atoms with van der Waals surface area (Å²) in [6.45, 7) is 3.00. The molecule has 4 rings (SSSR count). The van der Waals surface area contributed by atoms with Crippen LogP contribution >= 0.6 is 11.8 Å². The van der Waals surface area contributed by atoms with Gasteiger partial charge in [-0.1, -0.05) is 30.0 Å². The number of thioether (sulfide) groups is 1. The summed E-state index contributed by atoms with van der Waals surface area (Å²) >= 11 is 1.28. The highest BCUT2D eigenvalue weighted by Gasteiger charge is 2.21. The van der Waals surface area contributed by atoms with Crippen molar-refractivity contribution >= 4 is 29.1 Å². The highest BCUT2D eigenvalue weighted by molar-refractivity contribution is 7.99. The van der Waals surface area contributed by atoms with Crippen molar-refractivity contribution in [1.29, 1.82) is 0 Å². The second kappa shape index (κ2) is 9.13. The Balaban J connectivity index is 1.29. The van der Waals surface area contributed by atoms with Crippen LogP contribution in [0.5, 0.6) is 5.75 Å². The lowest BCUT2D eigenvalue weighted by molar-refractivity contribution is -0.117. The van der Waals surface area contributed by atoms with E-state index in [9.17, 15) is 9.59 Å². The molecule has 1 saturated heterocycles. The van der Waals surface area contributed by atoms with Gasteiger partial charge in [-0.2, -0.15) is 0 Å². The number of ether oxygens (including phenoxy) is 1. The van der Waals surface area contributed by atoms with E-state index in [1.165, 1.54) is 11.8 Å². The number of rotatable bonds is 8. The molecule has 7 nitrogen and oxygen atoms in total. The fraction of sp³-hybridized carbons (Fsp3) is 0.273. The van der Waals surface area contributed by atoms with Crippen molar-refractivity contribution in [3.05, 3.63) is 65.5 Å². The Bertz CT molecular complexity index is 1050. The van der Waals surface area contributed by atoms with Gasteiger partial charge < -0.3 is 9.64 Å². The van der Waals surface area contributed by atoms with Crippen LogP contribution in [-0.4, -0.2) is 39.2 Å². The van der Waals surface area contributed by atoms with Crippen LogP contribution in [0.4, 0.5) is 5.69 Å². The van der Waals surface area contributed by atoms with Crippen LogP contribution in [0.1, 0.15) is 34.6 Å². The molecule has 1 aromatic heterocycles. The summed E-state index contributed by atoms with van der Waals surface area (Å²) in [5.41, 5.74) is 2.50. The zero-order chi connectivity index (χ0) is 20.9. The quantitative estimate of drug-likeness (QED) is 0.439. The lowest BCUT2D eigenvalue weighted by Crippen LogP contribution is -2.23. The first kappa shape index (κ1) is 20.2. The number of amides is 1. The molecule has 0 aliphatic carbocycles. The number of nitrogens with one attached hydrogen (secondary N) is 1. The summed E-state index contributed by atoms with van der Waals surface area (Å²) in [4.78, 5) is 30.4. The van der Waals surface area contributed by atoms with Crippen molar-refractivity contribution in [1.82, 2.24) is 15.2 Å². The molecule has 30 heavy (non-hydrogen) atoms. The number of aryl methyl sites for hydroxylation is 1. The fourth-order valence-electron chi connectivity index (χ4n) is 3.23. The predicted molar refractivity (Wildman–Crippen MR) is 115 cm³/mol. The van der Waals surface area contributed by atoms with Crippen molar-refractivity contribution in [2.45, 2.75) is 31.5 Å². The molecule has 1 aliphatic rings. The summed E-state index contributed by atoms with van der Waals surface area (Å²) < 4.78 is 5.75. The Hall–Kier alpha value is -3.13. The molecule has 0 unspecified atom stereocenters. The molecule has 0 spiro atoms. The first-order chi connectivity index (χ1) is 14.6. The van der Waals surface area contributed by atoms with E-state index in [1.807, 2.05) is 43.3 Å². The summed E-state index contributed by atoms with van der Waals surface area (Å²) in [6.07, 6.45) is 1.47. The molecular formula is C22H22N4O3S. The third kappa shape index (κ3) is 4.71. The molecule has 0 bridgehead atoms. The molecule has 1 aliphatic heterocycles. The number of benzene rings is 2. The molecule has 0 atom stereocenters. The van der Waals surface area contributed by atoms with Crippen LogP contribution in [0.15, 0.2) is 53.7 Å². The summed E-state index contributed by atoms with van der Waals surface area (Å²) in [5, 5.41) is 7.49. The molecule has 8 heteroatoms. The average molecular weight is 423 g/mol. The van der Waals surface area contributed by atoms with Gasteiger partial charge in [0, 0.05) is 24.2 Å². The van der Waals surface area contributed by atoms with Gasteiger partial charge in [-0.3, -0.25) is 14.7 Å². The number of anilines is 1. The molecule has 1 amide bonds. The largest absolute Gasteiger partial charge is 0.485 e. The number of hydrogen-bond acceptors (Lipinski definition) is 6. The number of nitrogens with zero attached hydrogens (tertiary/aromatic N) is 3. The van der Waals surface area contributed by atoms with Gasteiger partial charge in [0.25, 0.3) is 0 Å². The Kier molecular flexibility index (Phi) is 6.13. The van der Waals surface area contributed by atoms with E-state index >= 15 is 0 Å². The van der Waals surface area contributed by atoms with Gasteiger partial charge in [-0.25, -0.2) is 4.98 Å². The van der Waals surface area contributed by atoms with Crippen molar-refractivity contribution in [2.75, 3.05) is 17.2 Å². The molecule has 1 N–H and O–H groups in total.